The van der Waals surface area contributed by atoms with E-state index in [4.69, 9.17) is 0 Å². The third-order valence-electron chi connectivity index (χ3n) is 3.29. The first-order valence-corrected chi connectivity index (χ1v) is 8.30. The molecule has 118 valence electrons. The number of carbonyl (C=O) groups excluding carboxylic acids is 1. The lowest BCUT2D eigenvalue weighted by Gasteiger charge is -2.06. The minimum absolute atomic E-state index is 0.0416. The highest BCUT2D eigenvalue weighted by Gasteiger charge is 2.10. The maximum absolute atomic E-state index is 11.8. The molecule has 0 aliphatic carbocycles. The van der Waals surface area contributed by atoms with Crippen LogP contribution >= 0.6 is 15.9 Å². The molecule has 0 aliphatic rings. The molecule has 1 amide bonds. The van der Waals surface area contributed by atoms with Gasteiger partial charge in [-0.05, 0) is 35.0 Å². The van der Waals surface area contributed by atoms with Gasteiger partial charge in [0.2, 0.25) is 5.91 Å². The average molecular weight is 366 g/mol. The molecule has 1 heterocycles. The summed E-state index contributed by atoms with van der Waals surface area (Å²) in [6, 6.07) is 7.69. The summed E-state index contributed by atoms with van der Waals surface area (Å²) >= 11 is 3.42. The van der Waals surface area contributed by atoms with Crippen molar-refractivity contribution in [3.8, 4) is 5.69 Å². The van der Waals surface area contributed by atoms with Crippen LogP contribution in [0.3, 0.4) is 0 Å². The third-order valence-corrected chi connectivity index (χ3v) is 3.78. The van der Waals surface area contributed by atoms with E-state index in [2.05, 4.69) is 43.7 Å². The molecule has 22 heavy (non-hydrogen) atoms. The highest BCUT2D eigenvalue weighted by molar-refractivity contribution is 9.10. The first kappa shape index (κ1) is 16.6. The van der Waals surface area contributed by atoms with Crippen LogP contribution in [0.4, 0.5) is 0 Å². The normalized spacial score (nSPS) is 10.6. The van der Waals surface area contributed by atoms with Gasteiger partial charge in [0.15, 0.2) is 5.82 Å². The van der Waals surface area contributed by atoms with Gasteiger partial charge in [-0.25, -0.2) is 0 Å². The summed E-state index contributed by atoms with van der Waals surface area (Å²) in [4.78, 5) is 11.8. The number of rotatable bonds is 8. The molecule has 0 aliphatic heterocycles. The van der Waals surface area contributed by atoms with E-state index in [9.17, 15) is 4.79 Å². The van der Waals surface area contributed by atoms with E-state index in [1.807, 2.05) is 24.3 Å². The lowest BCUT2D eigenvalue weighted by atomic mass is 10.1. The Kier molecular flexibility index (Phi) is 6.51. The molecule has 1 aromatic carbocycles. The average Bonchev–Trinajstić information content (AvgIpc) is 2.98. The SMILES string of the molecule is CCCCCCC(=O)NCc1nnnn1-c1cccc(Br)c1. The molecule has 6 nitrogen and oxygen atoms in total. The second kappa shape index (κ2) is 8.63. The van der Waals surface area contributed by atoms with Gasteiger partial charge in [0.25, 0.3) is 0 Å². The van der Waals surface area contributed by atoms with Crippen molar-refractivity contribution >= 4 is 21.8 Å². The van der Waals surface area contributed by atoms with Crippen molar-refractivity contribution in [1.82, 2.24) is 25.5 Å². The molecule has 0 spiro atoms. The number of carbonyl (C=O) groups is 1. The number of tetrazole rings is 1. The Morgan fingerprint density at radius 2 is 2.18 bits per heavy atom. The lowest BCUT2D eigenvalue weighted by Crippen LogP contribution is -2.24. The summed E-state index contributed by atoms with van der Waals surface area (Å²) in [6.45, 7) is 2.48. The molecule has 1 aromatic heterocycles. The number of hydrogen-bond donors (Lipinski definition) is 1. The van der Waals surface area contributed by atoms with Crippen molar-refractivity contribution in [3.63, 3.8) is 0 Å². The van der Waals surface area contributed by atoms with Crippen molar-refractivity contribution < 1.29 is 4.79 Å². The number of halogens is 1. The molecule has 0 saturated heterocycles. The molecule has 1 N–H and O–H groups in total. The van der Waals surface area contributed by atoms with Crippen LogP contribution in [-0.4, -0.2) is 26.1 Å². The highest BCUT2D eigenvalue weighted by Crippen LogP contribution is 2.15. The number of amides is 1. The van der Waals surface area contributed by atoms with Crippen LogP contribution in [0.2, 0.25) is 0 Å². The van der Waals surface area contributed by atoms with Gasteiger partial charge in [0, 0.05) is 10.9 Å². The molecule has 0 unspecified atom stereocenters. The molecule has 0 bridgehead atoms. The van der Waals surface area contributed by atoms with Gasteiger partial charge in [-0.1, -0.05) is 48.2 Å². The number of benzene rings is 1. The van der Waals surface area contributed by atoms with Crippen LogP contribution in [0, 0.1) is 0 Å². The number of hydrogen-bond acceptors (Lipinski definition) is 4. The van der Waals surface area contributed by atoms with Gasteiger partial charge >= 0.3 is 0 Å². The first-order chi connectivity index (χ1) is 10.7. The Bertz CT molecular complexity index is 613. The van der Waals surface area contributed by atoms with Gasteiger partial charge in [-0.3, -0.25) is 4.79 Å². The zero-order valence-electron chi connectivity index (χ0n) is 12.6. The van der Waals surface area contributed by atoms with Gasteiger partial charge in [-0.2, -0.15) is 4.68 Å². The predicted octanol–water partition coefficient (Wildman–Crippen LogP) is 3.01. The summed E-state index contributed by atoms with van der Waals surface area (Å²) in [5.74, 6) is 0.653. The number of aromatic nitrogens is 4. The van der Waals surface area contributed by atoms with Crippen LogP contribution < -0.4 is 5.32 Å². The molecule has 2 aromatic rings. The molecule has 0 fully saturated rings. The van der Waals surface area contributed by atoms with E-state index in [0.29, 0.717) is 18.8 Å². The Morgan fingerprint density at radius 3 is 2.95 bits per heavy atom. The standard InChI is InChI=1S/C15H20BrN5O/c1-2-3-4-5-9-15(22)17-11-14-18-19-20-21(14)13-8-6-7-12(16)10-13/h6-8,10H,2-5,9,11H2,1H3,(H,17,22). The predicted molar refractivity (Wildman–Crippen MR) is 87.5 cm³/mol. The van der Waals surface area contributed by atoms with Gasteiger partial charge < -0.3 is 5.32 Å². The summed E-state index contributed by atoms with van der Waals surface area (Å²) in [5.41, 5.74) is 0.853. The molecule has 0 atom stereocenters. The van der Waals surface area contributed by atoms with Crippen LogP contribution in [0.15, 0.2) is 28.7 Å². The second-order valence-electron chi connectivity index (χ2n) is 5.07. The van der Waals surface area contributed by atoms with Crippen molar-refractivity contribution in [2.75, 3.05) is 0 Å². The van der Waals surface area contributed by atoms with Crippen molar-refractivity contribution in [3.05, 3.63) is 34.6 Å². The highest BCUT2D eigenvalue weighted by atomic mass is 79.9. The number of unbranched alkanes of at least 4 members (excludes halogenated alkanes) is 3. The van der Waals surface area contributed by atoms with Crippen molar-refractivity contribution in [1.29, 1.82) is 0 Å². The zero-order valence-corrected chi connectivity index (χ0v) is 14.2. The van der Waals surface area contributed by atoms with E-state index in [1.54, 1.807) is 4.68 Å². The van der Waals surface area contributed by atoms with E-state index in [1.165, 1.54) is 12.8 Å². The molecule has 2 rings (SSSR count). The fourth-order valence-electron chi connectivity index (χ4n) is 2.10. The molecular formula is C15H20BrN5O. The summed E-state index contributed by atoms with van der Waals surface area (Å²) < 4.78 is 2.58. The summed E-state index contributed by atoms with van der Waals surface area (Å²) in [5, 5.41) is 14.5. The minimum atomic E-state index is 0.0416. The van der Waals surface area contributed by atoms with Gasteiger partial charge in [-0.15, -0.1) is 5.10 Å². The molecule has 0 radical (unpaired) electrons. The van der Waals surface area contributed by atoms with E-state index < -0.39 is 0 Å². The molecule has 7 heteroatoms. The monoisotopic (exact) mass is 365 g/mol. The Morgan fingerprint density at radius 1 is 1.32 bits per heavy atom. The van der Waals surface area contributed by atoms with Crippen LogP contribution in [-0.2, 0) is 11.3 Å². The molecular weight excluding hydrogens is 346 g/mol. The van der Waals surface area contributed by atoms with E-state index in [-0.39, 0.29) is 5.91 Å². The topological polar surface area (TPSA) is 72.7 Å². The van der Waals surface area contributed by atoms with Crippen LogP contribution in [0.25, 0.3) is 5.69 Å². The van der Waals surface area contributed by atoms with Crippen molar-refractivity contribution in [2.24, 2.45) is 0 Å². The minimum Gasteiger partial charge on any atom is -0.349 e. The lowest BCUT2D eigenvalue weighted by molar-refractivity contribution is -0.121. The zero-order chi connectivity index (χ0) is 15.8. The fourth-order valence-corrected chi connectivity index (χ4v) is 2.49. The number of nitrogens with one attached hydrogen (secondary N) is 1. The Hall–Kier alpha value is -1.76. The first-order valence-electron chi connectivity index (χ1n) is 7.50. The van der Waals surface area contributed by atoms with Gasteiger partial charge in [0.05, 0.1) is 12.2 Å². The van der Waals surface area contributed by atoms with Crippen LogP contribution in [0.5, 0.6) is 0 Å². The summed E-state index contributed by atoms with van der Waals surface area (Å²) in [6.07, 6.45) is 4.92. The van der Waals surface area contributed by atoms with Crippen molar-refractivity contribution in [2.45, 2.75) is 45.6 Å². The van der Waals surface area contributed by atoms with E-state index >= 15 is 0 Å². The smallest absolute Gasteiger partial charge is 0.220 e. The maximum Gasteiger partial charge on any atom is 0.220 e. The Labute approximate surface area is 138 Å². The quantitative estimate of drug-likeness (QED) is 0.729. The number of nitrogens with zero attached hydrogens (tertiary/aromatic N) is 4. The Balaban J connectivity index is 1.89. The third kappa shape index (κ3) is 4.91. The molecule has 0 saturated carbocycles. The summed E-state index contributed by atoms with van der Waals surface area (Å²) in [7, 11) is 0. The fraction of sp³-hybridized carbons (Fsp3) is 0.467. The van der Waals surface area contributed by atoms with Crippen LogP contribution in [0.1, 0.15) is 44.9 Å². The maximum atomic E-state index is 11.8. The van der Waals surface area contributed by atoms with Gasteiger partial charge in [0.1, 0.15) is 0 Å². The second-order valence-corrected chi connectivity index (χ2v) is 5.99. The van der Waals surface area contributed by atoms with E-state index in [0.717, 1.165) is 23.0 Å². The largest absolute Gasteiger partial charge is 0.349 e.